The van der Waals surface area contributed by atoms with Gasteiger partial charge in [0.2, 0.25) is 5.89 Å². The van der Waals surface area contributed by atoms with Crippen molar-refractivity contribution in [3.05, 3.63) is 62.9 Å². The summed E-state index contributed by atoms with van der Waals surface area (Å²) in [6, 6.07) is 3.95. The van der Waals surface area contributed by atoms with Crippen LogP contribution in [0.1, 0.15) is 16.1 Å². The number of allylic oxidation sites excluding steroid dienone is 1. The molecule has 0 aliphatic carbocycles. The van der Waals surface area contributed by atoms with Crippen molar-refractivity contribution in [1.82, 2.24) is 14.5 Å². The first-order valence-corrected chi connectivity index (χ1v) is 11.0. The van der Waals surface area contributed by atoms with E-state index in [1.165, 1.54) is 11.8 Å². The average molecular weight is 416 g/mol. The molecule has 27 heavy (non-hydrogen) atoms. The monoisotopic (exact) mass is 415 g/mol. The fraction of sp³-hybridized carbons (Fsp3) is 0.211. The van der Waals surface area contributed by atoms with Crippen LogP contribution in [0.15, 0.2) is 50.8 Å². The van der Waals surface area contributed by atoms with Crippen LogP contribution in [0.4, 0.5) is 0 Å². The van der Waals surface area contributed by atoms with E-state index in [4.69, 9.17) is 9.40 Å². The van der Waals surface area contributed by atoms with E-state index < -0.39 is 0 Å². The molecular weight excluding hydrogens is 398 g/mol. The minimum absolute atomic E-state index is 0.0105. The summed E-state index contributed by atoms with van der Waals surface area (Å²) in [4.78, 5) is 25.2. The number of fused-ring (bicyclic) bond motifs is 1. The maximum absolute atomic E-state index is 13.0. The summed E-state index contributed by atoms with van der Waals surface area (Å²) in [6.07, 6.45) is 3.38. The van der Waals surface area contributed by atoms with Gasteiger partial charge in [0.15, 0.2) is 5.16 Å². The maximum atomic E-state index is 13.0. The van der Waals surface area contributed by atoms with E-state index in [2.05, 4.69) is 11.6 Å². The van der Waals surface area contributed by atoms with Gasteiger partial charge >= 0.3 is 0 Å². The van der Waals surface area contributed by atoms with Crippen molar-refractivity contribution in [2.75, 3.05) is 0 Å². The number of nitrogens with zero attached hydrogens (tertiary/aromatic N) is 3. The van der Waals surface area contributed by atoms with Gasteiger partial charge in [0, 0.05) is 17.2 Å². The van der Waals surface area contributed by atoms with Crippen LogP contribution < -0.4 is 5.56 Å². The third-order valence-corrected chi connectivity index (χ3v) is 7.17. The number of aromatic nitrogens is 3. The number of thioether (sulfide) groups is 1. The number of thiophene rings is 2. The zero-order chi connectivity index (χ0) is 19.0. The molecule has 0 fully saturated rings. The molecule has 0 saturated heterocycles. The Morgan fingerprint density at radius 2 is 2.22 bits per heavy atom. The predicted molar refractivity (Wildman–Crippen MR) is 113 cm³/mol. The van der Waals surface area contributed by atoms with Gasteiger partial charge in [-0.1, -0.05) is 23.9 Å². The van der Waals surface area contributed by atoms with E-state index in [1.54, 1.807) is 39.6 Å². The van der Waals surface area contributed by atoms with Gasteiger partial charge in [-0.15, -0.1) is 29.3 Å². The highest BCUT2D eigenvalue weighted by Crippen LogP contribution is 2.30. The summed E-state index contributed by atoms with van der Waals surface area (Å²) in [5.41, 5.74) is 1.82. The van der Waals surface area contributed by atoms with Crippen molar-refractivity contribution < 1.29 is 4.42 Å². The smallest absolute Gasteiger partial charge is 0.263 e. The van der Waals surface area contributed by atoms with Gasteiger partial charge in [-0.3, -0.25) is 9.36 Å². The highest BCUT2D eigenvalue weighted by atomic mass is 32.2. The van der Waals surface area contributed by atoms with Crippen LogP contribution in [-0.4, -0.2) is 14.5 Å². The lowest BCUT2D eigenvalue weighted by molar-refractivity contribution is 0.575. The van der Waals surface area contributed by atoms with Crippen LogP contribution in [0, 0.1) is 13.8 Å². The van der Waals surface area contributed by atoms with Crippen LogP contribution in [-0.2, 0) is 12.3 Å². The molecule has 0 bridgehead atoms. The Hall–Kier alpha value is -2.16. The largest absolute Gasteiger partial charge is 0.444 e. The summed E-state index contributed by atoms with van der Waals surface area (Å²) in [5, 5.41) is 3.38. The lowest BCUT2D eigenvalue weighted by Crippen LogP contribution is -2.22. The molecule has 0 radical (unpaired) electrons. The predicted octanol–water partition coefficient (Wildman–Crippen LogP) is 5.27. The van der Waals surface area contributed by atoms with Crippen molar-refractivity contribution in [3.8, 4) is 10.8 Å². The summed E-state index contributed by atoms with van der Waals surface area (Å²) in [5.74, 6) is 1.20. The minimum atomic E-state index is -0.0105. The summed E-state index contributed by atoms with van der Waals surface area (Å²) < 4.78 is 7.25. The van der Waals surface area contributed by atoms with Gasteiger partial charge in [0.25, 0.3) is 5.56 Å². The lowest BCUT2D eigenvalue weighted by atomic mass is 10.2. The van der Waals surface area contributed by atoms with Crippen molar-refractivity contribution in [1.29, 1.82) is 0 Å². The third kappa shape index (κ3) is 3.40. The number of hydrogen-bond acceptors (Lipinski definition) is 7. The number of hydrogen-bond donors (Lipinski definition) is 0. The average Bonchev–Trinajstić information content (AvgIpc) is 3.37. The van der Waals surface area contributed by atoms with Crippen LogP contribution in [0.2, 0.25) is 0 Å². The van der Waals surface area contributed by atoms with Gasteiger partial charge < -0.3 is 4.42 Å². The number of aryl methyl sites for hydroxylation is 2. The topological polar surface area (TPSA) is 60.9 Å². The van der Waals surface area contributed by atoms with Gasteiger partial charge in [0.1, 0.15) is 11.1 Å². The summed E-state index contributed by atoms with van der Waals surface area (Å²) in [7, 11) is 0. The molecule has 0 saturated carbocycles. The van der Waals surface area contributed by atoms with E-state index in [9.17, 15) is 4.79 Å². The van der Waals surface area contributed by atoms with Gasteiger partial charge in [-0.05, 0) is 30.9 Å². The van der Waals surface area contributed by atoms with E-state index in [-0.39, 0.29) is 5.56 Å². The number of rotatable bonds is 6. The van der Waals surface area contributed by atoms with E-state index in [1.807, 2.05) is 31.4 Å². The second-order valence-corrected chi connectivity index (χ2v) is 9.07. The number of oxazole rings is 1. The molecule has 138 valence electrons. The van der Waals surface area contributed by atoms with E-state index in [0.717, 1.165) is 25.8 Å². The molecule has 0 spiro atoms. The molecule has 0 aliphatic heterocycles. The quantitative estimate of drug-likeness (QED) is 0.244. The Balaban J connectivity index is 1.66. The fourth-order valence-corrected chi connectivity index (χ4v) is 5.35. The van der Waals surface area contributed by atoms with Gasteiger partial charge in [-0.2, -0.15) is 0 Å². The van der Waals surface area contributed by atoms with Crippen LogP contribution >= 0.6 is 34.4 Å². The first-order valence-electron chi connectivity index (χ1n) is 8.31. The van der Waals surface area contributed by atoms with Gasteiger partial charge in [-0.25, -0.2) is 9.97 Å². The highest BCUT2D eigenvalue weighted by Gasteiger charge is 2.17. The van der Waals surface area contributed by atoms with Gasteiger partial charge in [0.05, 0.1) is 16.0 Å². The Bertz CT molecular complexity index is 1170. The zero-order valence-electron chi connectivity index (χ0n) is 14.9. The molecule has 0 unspecified atom stereocenters. The maximum Gasteiger partial charge on any atom is 0.263 e. The standard InChI is InChI=1S/C19H17N3O2S3/c1-4-7-22-18(23)15-11(2)12(3)27-17(15)21-19(22)26-10-13-9-24-16(20-13)14-6-5-8-25-14/h4-6,8-9H,1,7,10H2,2-3H3. The third-order valence-electron chi connectivity index (χ3n) is 4.20. The molecule has 0 aliphatic rings. The Labute approximate surface area is 168 Å². The molecule has 5 nitrogen and oxygen atoms in total. The summed E-state index contributed by atoms with van der Waals surface area (Å²) in [6.45, 7) is 8.20. The van der Waals surface area contributed by atoms with Crippen LogP contribution in [0.25, 0.3) is 21.0 Å². The normalized spacial score (nSPS) is 11.3. The Morgan fingerprint density at radius 1 is 1.37 bits per heavy atom. The molecule has 4 rings (SSSR count). The molecule has 0 aromatic carbocycles. The van der Waals surface area contributed by atoms with Crippen LogP contribution in [0.3, 0.4) is 0 Å². The zero-order valence-corrected chi connectivity index (χ0v) is 17.3. The first kappa shape index (κ1) is 18.2. The van der Waals surface area contributed by atoms with Crippen LogP contribution in [0.5, 0.6) is 0 Å². The van der Waals surface area contributed by atoms with Crippen molar-refractivity contribution in [2.24, 2.45) is 0 Å². The van der Waals surface area contributed by atoms with E-state index in [0.29, 0.717) is 28.7 Å². The fourth-order valence-electron chi connectivity index (χ4n) is 2.73. The molecule has 4 aromatic rings. The minimum Gasteiger partial charge on any atom is -0.444 e. The molecular formula is C19H17N3O2S3. The molecule has 8 heteroatoms. The Morgan fingerprint density at radius 3 is 2.96 bits per heavy atom. The van der Waals surface area contributed by atoms with E-state index >= 15 is 0 Å². The molecule has 0 atom stereocenters. The van der Waals surface area contributed by atoms with Crippen molar-refractivity contribution in [3.63, 3.8) is 0 Å². The lowest BCUT2D eigenvalue weighted by Gasteiger charge is -2.09. The highest BCUT2D eigenvalue weighted by molar-refractivity contribution is 7.98. The SMILES string of the molecule is C=CCn1c(SCc2coc(-c3cccs3)n2)nc2sc(C)c(C)c2c1=O. The van der Waals surface area contributed by atoms with Crippen molar-refractivity contribution in [2.45, 2.75) is 31.3 Å². The molecule has 4 heterocycles. The van der Waals surface area contributed by atoms with Crippen molar-refractivity contribution >= 4 is 44.7 Å². The second kappa shape index (κ2) is 7.46. The second-order valence-electron chi connectivity index (χ2n) is 5.97. The first-order chi connectivity index (χ1) is 13.1. The molecule has 0 amide bonds. The Kier molecular flexibility index (Phi) is 5.03. The molecule has 0 N–H and O–H groups in total. The molecule has 4 aromatic heterocycles. The summed E-state index contributed by atoms with van der Waals surface area (Å²) >= 11 is 4.64.